The molecule has 3 fully saturated rings. The lowest BCUT2D eigenvalue weighted by atomic mass is 9.83. The van der Waals surface area contributed by atoms with Crippen LogP contribution in [0.15, 0.2) is 30.3 Å². The first kappa shape index (κ1) is 39.4. The summed E-state index contributed by atoms with van der Waals surface area (Å²) in [4.78, 5) is 143. The van der Waals surface area contributed by atoms with E-state index in [0.717, 1.165) is 0 Å². The van der Waals surface area contributed by atoms with Crippen LogP contribution in [-0.2, 0) is 62.7 Å². The van der Waals surface area contributed by atoms with Crippen LogP contribution in [0.1, 0.15) is 93.8 Å². The molecule has 2 N–H and O–H groups in total. The number of hydroxylamine groups is 6. The fraction of sp³-hybridized carbons (Fsp3) is 0.515. The van der Waals surface area contributed by atoms with Gasteiger partial charge in [-0.05, 0) is 25.7 Å². The number of nitrogens with zero attached hydrogens (tertiary/aromatic N) is 3. The summed E-state index contributed by atoms with van der Waals surface area (Å²) in [7, 11) is 0. The highest BCUT2D eigenvalue weighted by atomic mass is 17.3. The van der Waals surface area contributed by atoms with E-state index >= 15 is 0 Å². The smallest absolute Gasteiger partial charge is 0.333 e. The molecule has 0 radical (unpaired) electrons. The zero-order chi connectivity index (χ0) is 37.7. The number of amides is 7. The predicted molar refractivity (Wildman–Crippen MR) is 169 cm³/mol. The van der Waals surface area contributed by atoms with Gasteiger partial charge in [0.25, 0.3) is 35.4 Å². The average molecular weight is 730 g/mol. The molecule has 19 nitrogen and oxygen atoms in total. The number of carbonyl (C=O) groups excluding carboxylic acids is 10. The SMILES string of the molecule is O=C(CCNCC(=O)c1ccccc1)NC(CCCOON1C(=O)CCC1=O)(CCC(=O)ON1C(=O)CCC1=O)CCC(=O)ON1C(=O)CCC1=O. The Kier molecular flexibility index (Phi) is 14.2. The molecular formula is C33H39N5O14. The van der Waals surface area contributed by atoms with Crippen molar-refractivity contribution >= 4 is 59.1 Å². The van der Waals surface area contributed by atoms with Crippen molar-refractivity contribution in [2.45, 2.75) is 89.0 Å². The standard InChI is InChI=1S/C33H39N5O14/c39-23(22-5-2-1-3-6-22)21-34-19-15-24(40)35-33(16-4-20-49-52-38-29(45)11-12-30(38)46,17-13-31(47)50-36-25(41)7-8-26(36)42)18-14-32(48)51-37-27(43)9-10-28(37)44/h1-3,5-6,34H,4,7-21H2,(H,35,40). The van der Waals surface area contributed by atoms with E-state index in [2.05, 4.69) is 10.6 Å². The first-order chi connectivity index (χ1) is 24.9. The summed E-state index contributed by atoms with van der Waals surface area (Å²) in [6, 6.07) is 8.52. The number of hydrogen-bond acceptors (Lipinski definition) is 15. The summed E-state index contributed by atoms with van der Waals surface area (Å²) in [5, 5.41) is 6.97. The molecule has 1 aromatic rings. The van der Waals surface area contributed by atoms with Gasteiger partial charge in [-0.25, -0.2) is 14.5 Å². The summed E-state index contributed by atoms with van der Waals surface area (Å²) in [6.07, 6.45) is -1.98. The van der Waals surface area contributed by atoms with E-state index < -0.39 is 71.7 Å². The molecule has 0 saturated carbocycles. The van der Waals surface area contributed by atoms with Gasteiger partial charge in [0.1, 0.15) is 0 Å². The molecule has 0 spiro atoms. The van der Waals surface area contributed by atoms with Crippen LogP contribution in [0.2, 0.25) is 0 Å². The minimum absolute atomic E-state index is 0.00632. The first-order valence-corrected chi connectivity index (χ1v) is 16.8. The molecule has 0 aliphatic carbocycles. The monoisotopic (exact) mass is 729 g/mol. The van der Waals surface area contributed by atoms with Crippen LogP contribution in [0, 0.1) is 0 Å². The Morgan fingerprint density at radius 3 is 1.62 bits per heavy atom. The summed E-state index contributed by atoms with van der Waals surface area (Å²) in [5.74, 6) is -6.68. The minimum atomic E-state index is -1.41. The van der Waals surface area contributed by atoms with E-state index in [-0.39, 0.29) is 96.1 Å². The summed E-state index contributed by atoms with van der Waals surface area (Å²) < 4.78 is 0. The van der Waals surface area contributed by atoms with Gasteiger partial charge in [0.05, 0.1) is 26.0 Å². The van der Waals surface area contributed by atoms with Gasteiger partial charge in [-0.1, -0.05) is 30.3 Å². The maximum absolute atomic E-state index is 13.3. The van der Waals surface area contributed by atoms with E-state index in [0.29, 0.717) is 20.8 Å². The van der Waals surface area contributed by atoms with Crippen molar-refractivity contribution in [2.24, 2.45) is 0 Å². The van der Waals surface area contributed by atoms with E-state index in [1.807, 2.05) is 0 Å². The molecule has 7 amide bonds. The van der Waals surface area contributed by atoms with E-state index in [9.17, 15) is 47.9 Å². The number of imide groups is 3. The molecule has 0 atom stereocenters. The number of ketones is 1. The van der Waals surface area contributed by atoms with Crippen molar-refractivity contribution in [1.29, 1.82) is 0 Å². The lowest BCUT2D eigenvalue weighted by Crippen LogP contribution is -2.50. The highest BCUT2D eigenvalue weighted by Gasteiger charge is 2.38. The Morgan fingerprint density at radius 2 is 1.12 bits per heavy atom. The fourth-order valence-electron chi connectivity index (χ4n) is 5.54. The van der Waals surface area contributed by atoms with Crippen molar-refractivity contribution in [2.75, 3.05) is 19.7 Å². The second kappa shape index (κ2) is 18.7. The van der Waals surface area contributed by atoms with E-state index in [1.165, 1.54) is 0 Å². The predicted octanol–water partition coefficient (Wildman–Crippen LogP) is 0.271. The third kappa shape index (κ3) is 11.3. The largest absolute Gasteiger partial charge is 0.351 e. The average Bonchev–Trinajstić information content (AvgIpc) is 3.74. The van der Waals surface area contributed by atoms with Gasteiger partial charge in [-0.3, -0.25) is 38.4 Å². The molecule has 3 aliphatic heterocycles. The normalized spacial score (nSPS) is 16.3. The molecule has 19 heteroatoms. The Labute approximate surface area is 297 Å². The van der Waals surface area contributed by atoms with Crippen molar-refractivity contribution < 1.29 is 67.5 Å². The minimum Gasteiger partial charge on any atom is -0.351 e. The zero-order valence-electron chi connectivity index (χ0n) is 28.3. The topological polar surface area (TPSA) is 241 Å². The van der Waals surface area contributed by atoms with Crippen LogP contribution in [0.5, 0.6) is 0 Å². The zero-order valence-corrected chi connectivity index (χ0v) is 28.3. The second-order valence-corrected chi connectivity index (χ2v) is 12.2. The summed E-state index contributed by atoms with van der Waals surface area (Å²) in [6.45, 7) is -0.209. The highest BCUT2D eigenvalue weighted by Crippen LogP contribution is 2.28. The molecule has 3 aliphatic rings. The van der Waals surface area contributed by atoms with Gasteiger partial charge in [0.2, 0.25) is 5.91 Å². The number of carbonyl (C=O) groups is 10. The Bertz CT molecular complexity index is 1480. The van der Waals surface area contributed by atoms with E-state index in [4.69, 9.17) is 19.6 Å². The summed E-state index contributed by atoms with van der Waals surface area (Å²) in [5.41, 5.74) is -0.924. The lowest BCUT2D eigenvalue weighted by Gasteiger charge is -2.35. The second-order valence-electron chi connectivity index (χ2n) is 12.2. The molecule has 4 rings (SSSR count). The van der Waals surface area contributed by atoms with Crippen LogP contribution >= 0.6 is 0 Å². The first-order valence-electron chi connectivity index (χ1n) is 16.8. The van der Waals surface area contributed by atoms with Gasteiger partial charge in [-0.2, -0.15) is 0 Å². The van der Waals surface area contributed by atoms with Gasteiger partial charge >= 0.3 is 11.9 Å². The van der Waals surface area contributed by atoms with Crippen LogP contribution in [0.3, 0.4) is 0 Å². The number of nitrogens with one attached hydrogen (secondary N) is 2. The van der Waals surface area contributed by atoms with Crippen molar-refractivity contribution in [3.05, 3.63) is 35.9 Å². The summed E-state index contributed by atoms with van der Waals surface area (Å²) >= 11 is 0. The van der Waals surface area contributed by atoms with Gasteiger partial charge in [0, 0.05) is 62.6 Å². The van der Waals surface area contributed by atoms with Gasteiger partial charge < -0.3 is 20.3 Å². The van der Waals surface area contributed by atoms with Crippen LogP contribution < -0.4 is 10.6 Å². The van der Waals surface area contributed by atoms with E-state index in [1.54, 1.807) is 30.3 Å². The Hall–Kier alpha value is -5.40. The van der Waals surface area contributed by atoms with Gasteiger partial charge in [0.15, 0.2) is 5.78 Å². The molecule has 280 valence electrons. The van der Waals surface area contributed by atoms with Crippen molar-refractivity contribution in [3.63, 3.8) is 0 Å². The molecule has 0 aromatic heterocycles. The fourth-order valence-corrected chi connectivity index (χ4v) is 5.54. The number of rotatable bonds is 21. The molecule has 1 aromatic carbocycles. The molecule has 0 unspecified atom stereocenters. The number of benzene rings is 1. The Balaban J connectivity index is 1.43. The van der Waals surface area contributed by atoms with Crippen molar-refractivity contribution in [1.82, 2.24) is 25.8 Å². The lowest BCUT2D eigenvalue weighted by molar-refractivity contribution is -0.393. The highest BCUT2D eigenvalue weighted by molar-refractivity contribution is 6.02. The third-order valence-corrected chi connectivity index (χ3v) is 8.34. The molecular weight excluding hydrogens is 690 g/mol. The van der Waals surface area contributed by atoms with Crippen LogP contribution in [0.4, 0.5) is 0 Å². The van der Waals surface area contributed by atoms with Crippen LogP contribution in [0.25, 0.3) is 0 Å². The Morgan fingerprint density at radius 1 is 0.635 bits per heavy atom. The maximum atomic E-state index is 13.3. The van der Waals surface area contributed by atoms with Gasteiger partial charge in [-0.15, -0.1) is 20.2 Å². The number of Topliss-reactive ketones (excluding diaryl/α,β-unsaturated/α-hetero) is 1. The van der Waals surface area contributed by atoms with Crippen LogP contribution in [-0.4, -0.2) is 99.5 Å². The molecule has 3 heterocycles. The number of hydrogen-bond donors (Lipinski definition) is 2. The molecule has 52 heavy (non-hydrogen) atoms. The maximum Gasteiger partial charge on any atom is 0.333 e. The molecule has 0 bridgehead atoms. The molecule has 3 saturated heterocycles. The third-order valence-electron chi connectivity index (χ3n) is 8.34. The van der Waals surface area contributed by atoms with Crippen molar-refractivity contribution in [3.8, 4) is 0 Å². The quantitative estimate of drug-likeness (QED) is 0.0567.